The Hall–Kier alpha value is -7.18. The molecule has 17 heteroatoms. The van der Waals surface area contributed by atoms with Gasteiger partial charge in [-0.2, -0.15) is 9.36 Å². The summed E-state index contributed by atoms with van der Waals surface area (Å²) in [5.74, 6) is 1.26. The highest BCUT2D eigenvalue weighted by Crippen LogP contribution is 2.31. The van der Waals surface area contributed by atoms with E-state index < -0.39 is 23.6 Å². The lowest BCUT2D eigenvalue weighted by molar-refractivity contribution is 0.482. The predicted molar refractivity (Wildman–Crippen MR) is 258 cm³/mol. The minimum atomic E-state index is -0.620. The van der Waals surface area contributed by atoms with Crippen molar-refractivity contribution in [1.82, 2.24) is 19.6 Å². The molecule has 0 aliphatic carbocycles. The topological polar surface area (TPSA) is 156 Å². The lowest BCUT2D eigenvalue weighted by Gasteiger charge is -2.21. The number of ether oxygens (including phenoxy) is 1. The van der Waals surface area contributed by atoms with Crippen molar-refractivity contribution >= 4 is 89.6 Å². The van der Waals surface area contributed by atoms with E-state index in [0.29, 0.717) is 22.7 Å². The van der Waals surface area contributed by atoms with Gasteiger partial charge in [0.05, 0.1) is 0 Å². The molecule has 6 aromatic carbocycles. The van der Waals surface area contributed by atoms with Crippen LogP contribution in [0.5, 0.6) is 11.5 Å². The number of hydrogen-bond acceptors (Lipinski definition) is 13. The van der Waals surface area contributed by atoms with Crippen LogP contribution in [0.3, 0.4) is 0 Å². The molecule has 4 aromatic heterocycles. The highest BCUT2D eigenvalue weighted by molar-refractivity contribution is 9.10. The molecule has 2 atom stereocenters. The quantitative estimate of drug-likeness (QED) is 0.0881. The zero-order chi connectivity index (χ0) is 44.6. The first-order chi connectivity index (χ1) is 31.6. The summed E-state index contributed by atoms with van der Waals surface area (Å²) in [6.45, 7) is 0. The van der Waals surface area contributed by atoms with Crippen molar-refractivity contribution in [2.24, 2.45) is 0 Å². The number of nitrogens with one attached hydrogen (secondary N) is 2. The van der Waals surface area contributed by atoms with E-state index in [2.05, 4.69) is 52.7 Å². The number of hydrogen-bond donors (Lipinski definition) is 2. The molecule has 2 N–H and O–H groups in total. The number of benzene rings is 6. The van der Waals surface area contributed by atoms with Gasteiger partial charge in [-0.05, 0) is 133 Å². The van der Waals surface area contributed by atoms with Gasteiger partial charge in [0, 0.05) is 31.1 Å². The number of rotatable bonds is 12. The van der Waals surface area contributed by atoms with Gasteiger partial charge in [0.15, 0.2) is 12.3 Å². The van der Waals surface area contributed by atoms with Crippen molar-refractivity contribution < 1.29 is 22.4 Å². The third-order valence-corrected chi connectivity index (χ3v) is 11.9. The van der Waals surface area contributed by atoms with Gasteiger partial charge >= 0.3 is 11.3 Å². The Morgan fingerprint density at radius 3 is 1.29 bits per heavy atom. The Balaban J connectivity index is 0.875. The molecule has 65 heavy (non-hydrogen) atoms. The SMILES string of the molecule is O=c1oc2ccccc2cc1-c1nn(C(Nc2ccc(Oc3ccc(NC(c4ccc(Br)cc4)n4nc(-c5cc6ccccc6oc5=O)oc4=S)cc3)cc2)c2ccc(Br)cc2)c(=S)o1. The lowest BCUT2D eigenvalue weighted by atomic mass is 10.1. The van der Waals surface area contributed by atoms with Gasteiger partial charge in [-0.25, -0.2) is 9.59 Å². The van der Waals surface area contributed by atoms with Crippen LogP contribution in [0, 0.1) is 9.67 Å². The Labute approximate surface area is 394 Å². The van der Waals surface area contributed by atoms with E-state index in [0.717, 1.165) is 42.2 Å². The molecule has 4 heterocycles. The van der Waals surface area contributed by atoms with Crippen molar-refractivity contribution in [2.45, 2.75) is 12.3 Å². The Kier molecular flexibility index (Phi) is 11.4. The summed E-state index contributed by atoms with van der Waals surface area (Å²) < 4.78 is 34.0. The summed E-state index contributed by atoms with van der Waals surface area (Å²) in [5.41, 5.74) is 3.16. The fourth-order valence-electron chi connectivity index (χ4n) is 7.09. The first kappa shape index (κ1) is 41.8. The average molecular weight is 1030 g/mol. The van der Waals surface area contributed by atoms with Crippen LogP contribution < -0.4 is 26.6 Å². The van der Waals surface area contributed by atoms with Crippen molar-refractivity contribution in [3.8, 4) is 34.4 Å². The molecule has 0 bridgehead atoms. The highest BCUT2D eigenvalue weighted by atomic mass is 79.9. The highest BCUT2D eigenvalue weighted by Gasteiger charge is 2.24. The second-order valence-corrected chi connectivity index (χ2v) is 17.1. The van der Waals surface area contributed by atoms with E-state index in [9.17, 15) is 9.59 Å². The van der Waals surface area contributed by atoms with E-state index in [-0.39, 0.29) is 32.6 Å². The largest absolute Gasteiger partial charge is 0.457 e. The number of anilines is 2. The molecule has 2 unspecified atom stereocenters. The Bertz CT molecular complexity index is 3370. The third kappa shape index (κ3) is 8.86. The smallest absolute Gasteiger partial charge is 0.349 e. The van der Waals surface area contributed by atoms with E-state index in [4.69, 9.17) is 46.8 Å². The standard InChI is InChI=1S/C48H30Br2N6O7S2/c49-31-13-9-27(10-14-31)41(55-47(64)62-43(53-55)37-25-29-5-1-3-7-39(29)60-45(37)57)51-33-17-21-35(22-18-33)59-36-23-19-34(20-24-36)52-42(28-11-15-32(50)16-12-28)56-48(65)63-44(54-56)38-26-30-6-2-4-8-40(30)61-46(38)58/h1-26,41-42,51-52H. The van der Waals surface area contributed by atoms with Gasteiger partial charge in [0.2, 0.25) is 0 Å². The minimum Gasteiger partial charge on any atom is -0.457 e. The number of fused-ring (bicyclic) bond motifs is 2. The van der Waals surface area contributed by atoms with Crippen LogP contribution >= 0.6 is 56.3 Å². The van der Waals surface area contributed by atoms with E-state index in [1.807, 2.05) is 121 Å². The Morgan fingerprint density at radius 2 is 0.892 bits per heavy atom. The van der Waals surface area contributed by atoms with Crippen molar-refractivity contribution in [2.75, 3.05) is 10.6 Å². The molecule has 10 rings (SSSR count). The Morgan fingerprint density at radius 1 is 0.508 bits per heavy atom. The van der Waals surface area contributed by atoms with Crippen LogP contribution in [-0.2, 0) is 0 Å². The normalized spacial score (nSPS) is 12.3. The molecule has 0 aliphatic rings. The zero-order valence-corrected chi connectivity index (χ0v) is 38.2. The van der Waals surface area contributed by atoms with E-state index >= 15 is 0 Å². The monoisotopic (exact) mass is 1020 g/mol. The first-order valence-electron chi connectivity index (χ1n) is 19.8. The molecule has 0 fully saturated rings. The molecule has 10 aromatic rings. The van der Waals surface area contributed by atoms with Crippen LogP contribution in [-0.4, -0.2) is 19.6 Å². The van der Waals surface area contributed by atoms with Crippen molar-refractivity contribution in [1.29, 1.82) is 0 Å². The lowest BCUT2D eigenvalue weighted by Crippen LogP contribution is -2.21. The number of para-hydroxylation sites is 2. The van der Waals surface area contributed by atoms with Crippen LogP contribution in [0.15, 0.2) is 194 Å². The summed E-state index contributed by atoms with van der Waals surface area (Å²) in [6, 6.07) is 48.0. The van der Waals surface area contributed by atoms with Crippen molar-refractivity contribution in [3.05, 3.63) is 208 Å². The van der Waals surface area contributed by atoms with E-state index in [1.54, 1.807) is 36.4 Å². The van der Waals surface area contributed by atoms with Gasteiger partial charge in [-0.3, -0.25) is 0 Å². The van der Waals surface area contributed by atoms with Crippen LogP contribution in [0.1, 0.15) is 23.5 Å². The number of nitrogens with zero attached hydrogens (tertiary/aromatic N) is 4. The fraction of sp³-hybridized carbons (Fsp3) is 0.0417. The van der Waals surface area contributed by atoms with Gasteiger partial charge in [-0.1, -0.05) is 92.5 Å². The van der Waals surface area contributed by atoms with Gasteiger partial charge in [0.25, 0.3) is 21.5 Å². The van der Waals surface area contributed by atoms with E-state index in [1.165, 1.54) is 9.36 Å². The molecule has 0 aliphatic heterocycles. The second kappa shape index (κ2) is 17.8. The van der Waals surface area contributed by atoms with Crippen molar-refractivity contribution in [3.63, 3.8) is 0 Å². The summed E-state index contributed by atoms with van der Waals surface area (Å²) in [5, 5.41) is 17.8. The summed E-state index contributed by atoms with van der Waals surface area (Å²) >= 11 is 18.3. The third-order valence-electron chi connectivity index (χ3n) is 10.3. The predicted octanol–water partition coefficient (Wildman–Crippen LogP) is 12.9. The zero-order valence-electron chi connectivity index (χ0n) is 33.4. The fourth-order valence-corrected chi connectivity index (χ4v) is 8.07. The number of aromatic nitrogens is 4. The first-order valence-corrected chi connectivity index (χ1v) is 22.2. The average Bonchev–Trinajstić information content (AvgIpc) is 3.90. The minimum absolute atomic E-state index is 0.0379. The van der Waals surface area contributed by atoms with Gasteiger partial charge in [-0.15, -0.1) is 10.2 Å². The molecule has 0 saturated heterocycles. The molecule has 0 spiro atoms. The molecule has 0 amide bonds. The maximum absolute atomic E-state index is 13.0. The molecular formula is C48H30Br2N6O7S2. The van der Waals surface area contributed by atoms with Gasteiger partial charge < -0.3 is 33.0 Å². The summed E-state index contributed by atoms with van der Waals surface area (Å²) in [7, 11) is 0. The van der Waals surface area contributed by atoms with Crippen LogP contribution in [0.25, 0.3) is 44.8 Å². The second-order valence-electron chi connectivity index (χ2n) is 14.6. The molecular weight excluding hydrogens is 997 g/mol. The summed E-state index contributed by atoms with van der Waals surface area (Å²) in [4.78, 5) is 26.1. The molecule has 320 valence electrons. The van der Waals surface area contributed by atoms with Crippen LogP contribution in [0.2, 0.25) is 0 Å². The maximum atomic E-state index is 13.0. The summed E-state index contributed by atoms with van der Waals surface area (Å²) in [6.07, 6.45) is -1.24. The van der Waals surface area contributed by atoms with Crippen LogP contribution in [0.4, 0.5) is 11.4 Å². The molecule has 13 nitrogen and oxygen atoms in total. The molecule has 0 saturated carbocycles. The maximum Gasteiger partial charge on any atom is 0.349 e. The number of halogens is 2. The van der Waals surface area contributed by atoms with Gasteiger partial charge in [0.1, 0.15) is 33.8 Å². The molecule has 0 radical (unpaired) electrons.